The van der Waals surface area contributed by atoms with E-state index in [4.69, 9.17) is 9.47 Å². The molecule has 0 heterocycles. The Morgan fingerprint density at radius 2 is 1.84 bits per heavy atom. The van der Waals surface area contributed by atoms with Gasteiger partial charge < -0.3 is 14.4 Å². The van der Waals surface area contributed by atoms with Crippen molar-refractivity contribution in [3.05, 3.63) is 29.8 Å². The highest BCUT2D eigenvalue weighted by Crippen LogP contribution is 2.11. The zero-order valence-electron chi connectivity index (χ0n) is 11.7. The number of carbonyl (C=O) groups excluding carboxylic acids is 1. The van der Waals surface area contributed by atoms with Crippen LogP contribution in [0.15, 0.2) is 24.3 Å². The van der Waals surface area contributed by atoms with Gasteiger partial charge in [0, 0.05) is 6.54 Å². The van der Waals surface area contributed by atoms with E-state index in [1.54, 1.807) is 7.11 Å². The first-order valence-electron chi connectivity index (χ1n) is 6.05. The summed E-state index contributed by atoms with van der Waals surface area (Å²) in [4.78, 5) is 13.6. The van der Waals surface area contributed by atoms with Crippen LogP contribution in [0.3, 0.4) is 0 Å². The maximum Gasteiger partial charge on any atom is 0.310 e. The lowest BCUT2D eigenvalue weighted by atomic mass is 10.1. The van der Waals surface area contributed by atoms with Crippen LogP contribution in [0.2, 0.25) is 0 Å². The molecule has 0 atom stereocenters. The number of rotatable bonds is 7. The fourth-order valence-corrected chi connectivity index (χ4v) is 1.53. The second-order valence-corrected chi connectivity index (χ2v) is 4.40. The molecule has 0 fully saturated rings. The lowest BCUT2D eigenvalue weighted by molar-refractivity contribution is -0.143. The number of nitrogens with zero attached hydrogens (tertiary/aromatic N) is 1. The standard InChI is InChI=1S/C14H21NO3.ClH/c1-15(2)9-4-10-18-14(16)11-12-5-7-13(17-3)8-6-12;/h5-8H,4,9-11H2,1-3H3;1H. The Balaban J connectivity index is 0.00000324. The van der Waals surface area contributed by atoms with E-state index in [1.165, 1.54) is 0 Å². The zero-order valence-corrected chi connectivity index (χ0v) is 12.5. The third kappa shape index (κ3) is 7.70. The van der Waals surface area contributed by atoms with Crippen molar-refractivity contribution in [2.24, 2.45) is 0 Å². The molecule has 0 unspecified atom stereocenters. The van der Waals surface area contributed by atoms with E-state index in [0.717, 1.165) is 24.3 Å². The normalized spacial score (nSPS) is 9.89. The second-order valence-electron chi connectivity index (χ2n) is 4.40. The molecular formula is C14H22ClNO3. The molecule has 1 rings (SSSR count). The van der Waals surface area contributed by atoms with E-state index in [0.29, 0.717) is 13.0 Å². The minimum Gasteiger partial charge on any atom is -0.497 e. The Hall–Kier alpha value is -1.26. The summed E-state index contributed by atoms with van der Waals surface area (Å²) < 4.78 is 10.2. The Morgan fingerprint density at radius 1 is 1.21 bits per heavy atom. The van der Waals surface area contributed by atoms with Crippen LogP contribution in [0.25, 0.3) is 0 Å². The van der Waals surface area contributed by atoms with Gasteiger partial charge in [-0.2, -0.15) is 0 Å². The molecule has 0 amide bonds. The minimum absolute atomic E-state index is 0. The van der Waals surface area contributed by atoms with Crippen LogP contribution in [0.4, 0.5) is 0 Å². The van der Waals surface area contributed by atoms with Gasteiger partial charge in [-0.25, -0.2) is 0 Å². The number of ether oxygens (including phenoxy) is 2. The summed E-state index contributed by atoms with van der Waals surface area (Å²) in [6, 6.07) is 7.43. The topological polar surface area (TPSA) is 38.8 Å². The van der Waals surface area contributed by atoms with Crippen LogP contribution in [0.1, 0.15) is 12.0 Å². The van der Waals surface area contributed by atoms with Crippen LogP contribution in [0, 0.1) is 0 Å². The fourth-order valence-electron chi connectivity index (χ4n) is 1.53. The molecule has 19 heavy (non-hydrogen) atoms. The molecule has 0 bridgehead atoms. The highest BCUT2D eigenvalue weighted by Gasteiger charge is 2.05. The maximum absolute atomic E-state index is 11.5. The van der Waals surface area contributed by atoms with Gasteiger partial charge in [-0.05, 0) is 38.2 Å². The van der Waals surface area contributed by atoms with Gasteiger partial charge in [-0.15, -0.1) is 12.4 Å². The van der Waals surface area contributed by atoms with Crippen LogP contribution in [-0.2, 0) is 16.0 Å². The van der Waals surface area contributed by atoms with Gasteiger partial charge in [0.05, 0.1) is 20.1 Å². The van der Waals surface area contributed by atoms with Gasteiger partial charge in [-0.3, -0.25) is 4.79 Å². The third-order valence-electron chi connectivity index (χ3n) is 2.52. The summed E-state index contributed by atoms with van der Waals surface area (Å²) in [7, 11) is 5.62. The van der Waals surface area contributed by atoms with Gasteiger partial charge >= 0.3 is 5.97 Å². The largest absolute Gasteiger partial charge is 0.497 e. The summed E-state index contributed by atoms with van der Waals surface area (Å²) >= 11 is 0. The average Bonchev–Trinajstić information content (AvgIpc) is 2.35. The fraction of sp³-hybridized carbons (Fsp3) is 0.500. The molecule has 0 aromatic heterocycles. The molecule has 5 heteroatoms. The van der Waals surface area contributed by atoms with E-state index < -0.39 is 0 Å². The predicted octanol–water partition coefficient (Wildman–Crippen LogP) is 2.15. The van der Waals surface area contributed by atoms with Crippen molar-refractivity contribution in [2.45, 2.75) is 12.8 Å². The van der Waals surface area contributed by atoms with E-state index in [-0.39, 0.29) is 18.4 Å². The molecule has 0 aliphatic heterocycles. The van der Waals surface area contributed by atoms with E-state index in [2.05, 4.69) is 4.90 Å². The number of esters is 1. The monoisotopic (exact) mass is 287 g/mol. The number of halogens is 1. The summed E-state index contributed by atoms with van der Waals surface area (Å²) in [5.74, 6) is 0.608. The molecule has 1 aromatic carbocycles. The zero-order chi connectivity index (χ0) is 13.4. The average molecular weight is 288 g/mol. The van der Waals surface area contributed by atoms with Crippen molar-refractivity contribution in [2.75, 3.05) is 34.4 Å². The summed E-state index contributed by atoms with van der Waals surface area (Å²) in [6.07, 6.45) is 1.17. The number of hydrogen-bond donors (Lipinski definition) is 0. The molecule has 0 saturated carbocycles. The molecule has 0 saturated heterocycles. The first-order chi connectivity index (χ1) is 8.61. The Kier molecular flexibility index (Phi) is 9.00. The molecular weight excluding hydrogens is 266 g/mol. The van der Waals surface area contributed by atoms with Crippen LogP contribution >= 0.6 is 12.4 Å². The predicted molar refractivity (Wildman–Crippen MR) is 78.1 cm³/mol. The first kappa shape index (κ1) is 17.7. The third-order valence-corrected chi connectivity index (χ3v) is 2.52. The van der Waals surface area contributed by atoms with Gasteiger partial charge in [0.1, 0.15) is 5.75 Å². The van der Waals surface area contributed by atoms with Crippen LogP contribution in [-0.4, -0.2) is 45.2 Å². The quantitative estimate of drug-likeness (QED) is 0.569. The molecule has 4 nitrogen and oxygen atoms in total. The smallest absolute Gasteiger partial charge is 0.310 e. The second kappa shape index (κ2) is 9.64. The highest BCUT2D eigenvalue weighted by molar-refractivity contribution is 5.85. The Bertz CT molecular complexity index is 365. The Labute approximate surface area is 121 Å². The van der Waals surface area contributed by atoms with Crippen molar-refractivity contribution >= 4 is 18.4 Å². The summed E-state index contributed by atoms with van der Waals surface area (Å²) in [5, 5.41) is 0. The molecule has 0 N–H and O–H groups in total. The van der Waals surface area contributed by atoms with Gasteiger partial charge in [0.25, 0.3) is 0 Å². The number of hydrogen-bond acceptors (Lipinski definition) is 4. The summed E-state index contributed by atoms with van der Waals surface area (Å²) in [5.41, 5.74) is 0.938. The van der Waals surface area contributed by atoms with E-state index >= 15 is 0 Å². The highest BCUT2D eigenvalue weighted by atomic mass is 35.5. The van der Waals surface area contributed by atoms with E-state index in [1.807, 2.05) is 38.4 Å². The van der Waals surface area contributed by atoms with Crippen LogP contribution in [0.5, 0.6) is 5.75 Å². The van der Waals surface area contributed by atoms with Crippen molar-refractivity contribution in [3.63, 3.8) is 0 Å². The number of carbonyl (C=O) groups is 1. The number of benzene rings is 1. The molecule has 0 spiro atoms. The van der Waals surface area contributed by atoms with Crippen molar-refractivity contribution in [1.82, 2.24) is 4.90 Å². The molecule has 108 valence electrons. The number of methoxy groups -OCH3 is 1. The molecule has 1 aromatic rings. The first-order valence-corrected chi connectivity index (χ1v) is 6.05. The summed E-state index contributed by atoms with van der Waals surface area (Å²) in [6.45, 7) is 1.41. The van der Waals surface area contributed by atoms with E-state index in [9.17, 15) is 4.79 Å². The van der Waals surface area contributed by atoms with Crippen LogP contribution < -0.4 is 4.74 Å². The SMILES string of the molecule is COc1ccc(CC(=O)OCCCN(C)C)cc1.Cl. The van der Waals surface area contributed by atoms with Crippen molar-refractivity contribution in [3.8, 4) is 5.75 Å². The maximum atomic E-state index is 11.5. The van der Waals surface area contributed by atoms with Crippen molar-refractivity contribution in [1.29, 1.82) is 0 Å². The van der Waals surface area contributed by atoms with Gasteiger partial charge in [0.2, 0.25) is 0 Å². The minimum atomic E-state index is -0.182. The Morgan fingerprint density at radius 3 is 2.37 bits per heavy atom. The molecule has 0 aliphatic rings. The van der Waals surface area contributed by atoms with Gasteiger partial charge in [0.15, 0.2) is 0 Å². The lowest BCUT2D eigenvalue weighted by Gasteiger charge is -2.09. The molecule has 0 radical (unpaired) electrons. The van der Waals surface area contributed by atoms with Gasteiger partial charge in [-0.1, -0.05) is 12.1 Å². The molecule has 0 aliphatic carbocycles. The lowest BCUT2D eigenvalue weighted by Crippen LogP contribution is -2.16. The van der Waals surface area contributed by atoms with Crippen molar-refractivity contribution < 1.29 is 14.3 Å².